The minimum atomic E-state index is -0.0516. The highest BCUT2D eigenvalue weighted by Crippen LogP contribution is 2.29. The molecule has 0 saturated heterocycles. The van der Waals surface area contributed by atoms with Crippen LogP contribution in [0, 0.1) is 20.8 Å². The van der Waals surface area contributed by atoms with Crippen LogP contribution < -0.4 is 5.32 Å². The predicted molar refractivity (Wildman–Crippen MR) is 107 cm³/mol. The van der Waals surface area contributed by atoms with Gasteiger partial charge >= 0.3 is 0 Å². The maximum atomic E-state index is 12.2. The van der Waals surface area contributed by atoms with Gasteiger partial charge in [-0.25, -0.2) is 9.97 Å². The van der Waals surface area contributed by atoms with E-state index in [1.165, 1.54) is 39.6 Å². The summed E-state index contributed by atoms with van der Waals surface area (Å²) in [5.41, 5.74) is 5.52. The molecule has 0 spiro atoms. The van der Waals surface area contributed by atoms with E-state index in [0.29, 0.717) is 10.9 Å². The standard InChI is InChI=1S/C19H21N3OS2/c1-5-14-8-15-11(2)6-7-12(3)17(15)22-18(14)24-10-16(23)21-19-20-13(4)9-25-19/h6-9H,5,10H2,1-4H3,(H,20,21,23). The van der Waals surface area contributed by atoms with Crippen LogP contribution in [0.2, 0.25) is 0 Å². The van der Waals surface area contributed by atoms with Gasteiger partial charge in [-0.15, -0.1) is 11.3 Å². The third kappa shape index (κ3) is 4.02. The summed E-state index contributed by atoms with van der Waals surface area (Å²) in [6.45, 7) is 8.22. The Morgan fingerprint density at radius 2 is 1.96 bits per heavy atom. The van der Waals surface area contributed by atoms with Gasteiger partial charge in [0.25, 0.3) is 0 Å². The Kier molecular flexibility index (Phi) is 5.39. The number of carbonyl (C=O) groups is 1. The van der Waals surface area contributed by atoms with Crippen LogP contribution in [0.5, 0.6) is 0 Å². The molecule has 4 nitrogen and oxygen atoms in total. The number of amides is 1. The van der Waals surface area contributed by atoms with E-state index in [4.69, 9.17) is 4.98 Å². The molecule has 25 heavy (non-hydrogen) atoms. The number of hydrogen-bond acceptors (Lipinski definition) is 5. The van der Waals surface area contributed by atoms with E-state index in [0.717, 1.165) is 28.2 Å². The van der Waals surface area contributed by atoms with Crippen molar-refractivity contribution in [3.63, 3.8) is 0 Å². The number of aryl methyl sites for hydroxylation is 4. The van der Waals surface area contributed by atoms with Gasteiger partial charge in [0.2, 0.25) is 5.91 Å². The molecule has 0 saturated carbocycles. The van der Waals surface area contributed by atoms with Gasteiger partial charge in [0.15, 0.2) is 5.13 Å². The first-order valence-electron chi connectivity index (χ1n) is 8.22. The molecule has 0 aliphatic rings. The number of fused-ring (bicyclic) bond motifs is 1. The number of carbonyl (C=O) groups excluding carboxylic acids is 1. The number of nitrogens with one attached hydrogen (secondary N) is 1. The van der Waals surface area contributed by atoms with Crippen molar-refractivity contribution in [1.29, 1.82) is 0 Å². The van der Waals surface area contributed by atoms with Gasteiger partial charge in [0, 0.05) is 10.8 Å². The smallest absolute Gasteiger partial charge is 0.236 e. The van der Waals surface area contributed by atoms with Crippen LogP contribution in [0.15, 0.2) is 28.6 Å². The number of aromatic nitrogens is 2. The molecule has 0 aliphatic carbocycles. The largest absolute Gasteiger partial charge is 0.301 e. The highest BCUT2D eigenvalue weighted by atomic mass is 32.2. The van der Waals surface area contributed by atoms with Gasteiger partial charge in [0.05, 0.1) is 17.0 Å². The molecule has 0 aliphatic heterocycles. The molecular formula is C19H21N3OS2. The SMILES string of the molecule is CCc1cc2c(C)ccc(C)c2nc1SCC(=O)Nc1nc(C)cs1. The number of pyridine rings is 1. The fourth-order valence-electron chi connectivity index (χ4n) is 2.64. The van der Waals surface area contributed by atoms with Crippen molar-refractivity contribution in [3.05, 3.63) is 46.0 Å². The van der Waals surface area contributed by atoms with E-state index in [2.05, 4.69) is 49.3 Å². The third-order valence-corrected chi connectivity index (χ3v) is 5.94. The molecule has 2 heterocycles. The Morgan fingerprint density at radius 1 is 1.20 bits per heavy atom. The molecule has 2 aromatic heterocycles. The second-order valence-electron chi connectivity index (χ2n) is 6.03. The van der Waals surface area contributed by atoms with Gasteiger partial charge in [-0.05, 0) is 49.9 Å². The van der Waals surface area contributed by atoms with Crippen LogP contribution in [-0.2, 0) is 11.2 Å². The normalized spacial score (nSPS) is 11.0. The Balaban J connectivity index is 1.80. The van der Waals surface area contributed by atoms with Crippen molar-refractivity contribution in [2.24, 2.45) is 0 Å². The molecular weight excluding hydrogens is 350 g/mol. The molecule has 1 amide bonds. The fraction of sp³-hybridized carbons (Fsp3) is 0.316. The Bertz CT molecular complexity index is 934. The minimum absolute atomic E-state index is 0.0516. The van der Waals surface area contributed by atoms with Gasteiger partial charge in [-0.1, -0.05) is 30.8 Å². The summed E-state index contributed by atoms with van der Waals surface area (Å²) in [5.74, 6) is 0.277. The molecule has 1 aromatic carbocycles. The summed E-state index contributed by atoms with van der Waals surface area (Å²) >= 11 is 2.93. The van der Waals surface area contributed by atoms with Gasteiger partial charge in [-0.3, -0.25) is 4.79 Å². The Hall–Kier alpha value is -1.92. The molecule has 3 rings (SSSR count). The number of anilines is 1. The van der Waals surface area contributed by atoms with E-state index < -0.39 is 0 Å². The Morgan fingerprint density at radius 3 is 2.64 bits per heavy atom. The molecule has 0 unspecified atom stereocenters. The van der Waals surface area contributed by atoms with Crippen LogP contribution >= 0.6 is 23.1 Å². The minimum Gasteiger partial charge on any atom is -0.301 e. The van der Waals surface area contributed by atoms with Gasteiger partial charge in [-0.2, -0.15) is 0 Å². The number of hydrogen-bond donors (Lipinski definition) is 1. The molecule has 1 N–H and O–H groups in total. The van der Waals surface area contributed by atoms with Crippen LogP contribution in [0.4, 0.5) is 5.13 Å². The lowest BCUT2D eigenvalue weighted by atomic mass is 10.0. The predicted octanol–water partition coefficient (Wildman–Crippen LogP) is 4.91. The fourth-order valence-corrected chi connectivity index (χ4v) is 4.23. The van der Waals surface area contributed by atoms with Gasteiger partial charge < -0.3 is 5.32 Å². The van der Waals surface area contributed by atoms with Crippen molar-refractivity contribution >= 4 is 45.0 Å². The monoisotopic (exact) mass is 371 g/mol. The van der Waals surface area contributed by atoms with Crippen molar-refractivity contribution in [1.82, 2.24) is 9.97 Å². The van der Waals surface area contributed by atoms with Crippen molar-refractivity contribution in [3.8, 4) is 0 Å². The molecule has 3 aromatic rings. The zero-order valence-corrected chi connectivity index (χ0v) is 16.5. The lowest BCUT2D eigenvalue weighted by Crippen LogP contribution is -2.14. The second kappa shape index (κ2) is 7.54. The number of thiazole rings is 1. The van der Waals surface area contributed by atoms with Crippen LogP contribution in [0.25, 0.3) is 10.9 Å². The van der Waals surface area contributed by atoms with Crippen LogP contribution in [-0.4, -0.2) is 21.6 Å². The van der Waals surface area contributed by atoms with Gasteiger partial charge in [0.1, 0.15) is 5.03 Å². The van der Waals surface area contributed by atoms with E-state index in [-0.39, 0.29) is 5.91 Å². The molecule has 0 fully saturated rings. The summed E-state index contributed by atoms with van der Waals surface area (Å²) < 4.78 is 0. The number of thioether (sulfide) groups is 1. The second-order valence-corrected chi connectivity index (χ2v) is 7.85. The zero-order valence-electron chi connectivity index (χ0n) is 14.8. The molecule has 0 radical (unpaired) electrons. The van der Waals surface area contributed by atoms with E-state index in [9.17, 15) is 4.79 Å². The Labute approximate surface area is 156 Å². The van der Waals surface area contributed by atoms with E-state index >= 15 is 0 Å². The van der Waals surface area contributed by atoms with Crippen molar-refractivity contribution < 1.29 is 4.79 Å². The maximum absolute atomic E-state index is 12.2. The third-order valence-electron chi connectivity index (χ3n) is 4.03. The molecule has 0 atom stereocenters. The molecule has 6 heteroatoms. The first kappa shape index (κ1) is 17.9. The molecule has 0 bridgehead atoms. The number of rotatable bonds is 5. The van der Waals surface area contributed by atoms with E-state index in [1.807, 2.05) is 12.3 Å². The highest BCUT2D eigenvalue weighted by molar-refractivity contribution is 8.00. The summed E-state index contributed by atoms with van der Waals surface area (Å²) in [7, 11) is 0. The molecule has 130 valence electrons. The number of nitrogens with zero attached hydrogens (tertiary/aromatic N) is 2. The van der Waals surface area contributed by atoms with Crippen molar-refractivity contribution in [2.45, 2.75) is 39.1 Å². The topological polar surface area (TPSA) is 54.9 Å². The lowest BCUT2D eigenvalue weighted by Gasteiger charge is -2.12. The quantitative estimate of drug-likeness (QED) is 0.648. The first-order valence-corrected chi connectivity index (χ1v) is 10.1. The summed E-state index contributed by atoms with van der Waals surface area (Å²) in [6.07, 6.45) is 0.895. The summed E-state index contributed by atoms with van der Waals surface area (Å²) in [4.78, 5) is 21.3. The average Bonchev–Trinajstić information content (AvgIpc) is 3.00. The maximum Gasteiger partial charge on any atom is 0.236 e. The zero-order chi connectivity index (χ0) is 18.0. The lowest BCUT2D eigenvalue weighted by molar-refractivity contribution is -0.113. The average molecular weight is 372 g/mol. The first-order chi connectivity index (χ1) is 12.0. The summed E-state index contributed by atoms with van der Waals surface area (Å²) in [6, 6.07) is 6.45. The van der Waals surface area contributed by atoms with Crippen molar-refractivity contribution in [2.75, 3.05) is 11.1 Å². The van der Waals surface area contributed by atoms with Crippen LogP contribution in [0.1, 0.15) is 29.3 Å². The number of benzene rings is 1. The highest BCUT2D eigenvalue weighted by Gasteiger charge is 2.12. The van der Waals surface area contributed by atoms with E-state index in [1.54, 1.807) is 0 Å². The van der Waals surface area contributed by atoms with Crippen LogP contribution in [0.3, 0.4) is 0 Å². The summed E-state index contributed by atoms with van der Waals surface area (Å²) in [5, 5.41) is 7.56.